The van der Waals surface area contributed by atoms with Crippen LogP contribution in [-0.4, -0.2) is 17.5 Å². The van der Waals surface area contributed by atoms with E-state index in [0.717, 1.165) is 0 Å². The second-order valence-electron chi connectivity index (χ2n) is 3.50. The predicted octanol–water partition coefficient (Wildman–Crippen LogP) is 1.51. The van der Waals surface area contributed by atoms with Gasteiger partial charge in [0.1, 0.15) is 17.8 Å². The maximum absolute atomic E-state index is 12.6. The summed E-state index contributed by atoms with van der Waals surface area (Å²) >= 11 is 0. The van der Waals surface area contributed by atoms with Crippen molar-refractivity contribution in [1.29, 1.82) is 0 Å². The summed E-state index contributed by atoms with van der Waals surface area (Å²) in [5.74, 6) is -0.201. The quantitative estimate of drug-likeness (QED) is 0.873. The third-order valence-corrected chi connectivity index (χ3v) is 2.13. The molecular formula is C12H11FN2O3. The highest BCUT2D eigenvalue weighted by atomic mass is 19.1. The van der Waals surface area contributed by atoms with Crippen molar-refractivity contribution in [3.05, 3.63) is 48.4 Å². The van der Waals surface area contributed by atoms with Gasteiger partial charge in [-0.05, 0) is 24.3 Å². The van der Waals surface area contributed by atoms with E-state index in [9.17, 15) is 9.18 Å². The summed E-state index contributed by atoms with van der Waals surface area (Å²) in [5.41, 5.74) is 0.630. The van der Waals surface area contributed by atoms with E-state index >= 15 is 0 Å². The predicted molar refractivity (Wildman–Crippen MR) is 60.2 cm³/mol. The number of amides is 1. The van der Waals surface area contributed by atoms with Crippen LogP contribution >= 0.6 is 0 Å². The van der Waals surface area contributed by atoms with Gasteiger partial charge in [0.25, 0.3) is 5.91 Å². The molecule has 1 heterocycles. The summed E-state index contributed by atoms with van der Waals surface area (Å²) in [6.45, 7) is 0.144. The molecule has 1 aromatic heterocycles. The van der Waals surface area contributed by atoms with E-state index in [0.29, 0.717) is 11.4 Å². The Morgan fingerprint density at radius 3 is 2.83 bits per heavy atom. The van der Waals surface area contributed by atoms with E-state index in [4.69, 9.17) is 9.15 Å². The Bertz CT molecular complexity index is 497. The number of rotatable bonds is 5. The van der Waals surface area contributed by atoms with Gasteiger partial charge in [-0.1, -0.05) is 0 Å². The molecule has 0 saturated heterocycles. The summed E-state index contributed by atoms with van der Waals surface area (Å²) in [6, 6.07) is 5.45. The van der Waals surface area contributed by atoms with Gasteiger partial charge in [0, 0.05) is 0 Å². The van der Waals surface area contributed by atoms with E-state index in [1.54, 1.807) is 0 Å². The molecule has 0 atom stereocenters. The van der Waals surface area contributed by atoms with E-state index in [1.165, 1.54) is 36.9 Å². The molecule has 0 saturated carbocycles. The number of carbonyl (C=O) groups excluding carboxylic acids is 1. The Morgan fingerprint density at radius 2 is 2.17 bits per heavy atom. The molecule has 18 heavy (non-hydrogen) atoms. The lowest BCUT2D eigenvalue weighted by molar-refractivity contribution is -0.123. The largest absolute Gasteiger partial charge is 0.484 e. The van der Waals surface area contributed by atoms with E-state index in [1.807, 2.05) is 0 Å². The lowest BCUT2D eigenvalue weighted by Gasteiger charge is -2.06. The van der Waals surface area contributed by atoms with Crippen LogP contribution in [0.5, 0.6) is 5.75 Å². The first-order valence-corrected chi connectivity index (χ1v) is 5.26. The van der Waals surface area contributed by atoms with Gasteiger partial charge >= 0.3 is 0 Å². The third kappa shape index (κ3) is 3.58. The van der Waals surface area contributed by atoms with Gasteiger partial charge in [-0.3, -0.25) is 4.79 Å². The van der Waals surface area contributed by atoms with Crippen molar-refractivity contribution >= 4 is 5.91 Å². The van der Waals surface area contributed by atoms with E-state index < -0.39 is 0 Å². The summed E-state index contributed by atoms with van der Waals surface area (Å²) in [6.07, 6.45) is 2.73. The molecule has 0 aliphatic rings. The fourth-order valence-corrected chi connectivity index (χ4v) is 1.24. The average Bonchev–Trinajstić information content (AvgIpc) is 2.89. The summed E-state index contributed by atoms with van der Waals surface area (Å²) in [5, 5.41) is 2.61. The molecule has 0 radical (unpaired) electrons. The van der Waals surface area contributed by atoms with Gasteiger partial charge in [-0.2, -0.15) is 0 Å². The highest BCUT2D eigenvalue weighted by Crippen LogP contribution is 2.10. The standard InChI is InChI=1S/C12H11FN2O3/c13-9-1-3-11(4-2-9)18-7-12(16)14-5-10-6-17-8-15-10/h1-4,6,8H,5,7H2,(H,14,16). The van der Waals surface area contributed by atoms with Crippen LogP contribution in [0.4, 0.5) is 4.39 Å². The lowest BCUT2D eigenvalue weighted by Crippen LogP contribution is -2.28. The number of hydrogen-bond donors (Lipinski definition) is 1. The van der Waals surface area contributed by atoms with Crippen LogP contribution < -0.4 is 10.1 Å². The highest BCUT2D eigenvalue weighted by molar-refractivity contribution is 5.77. The smallest absolute Gasteiger partial charge is 0.258 e. The summed E-state index contributed by atoms with van der Waals surface area (Å²) < 4.78 is 22.5. The van der Waals surface area contributed by atoms with Crippen LogP contribution in [0.3, 0.4) is 0 Å². The maximum Gasteiger partial charge on any atom is 0.258 e. The molecule has 0 aliphatic heterocycles. The Labute approximate surface area is 103 Å². The Kier molecular flexibility index (Phi) is 3.90. The second-order valence-corrected chi connectivity index (χ2v) is 3.50. The van der Waals surface area contributed by atoms with Crippen LogP contribution in [0.25, 0.3) is 0 Å². The minimum absolute atomic E-state index is 0.135. The minimum atomic E-state index is -0.349. The van der Waals surface area contributed by atoms with Gasteiger partial charge < -0.3 is 14.5 Å². The zero-order valence-corrected chi connectivity index (χ0v) is 9.43. The maximum atomic E-state index is 12.6. The van der Waals surface area contributed by atoms with Crippen molar-refractivity contribution in [3.8, 4) is 5.75 Å². The van der Waals surface area contributed by atoms with Gasteiger partial charge in [0.2, 0.25) is 0 Å². The monoisotopic (exact) mass is 250 g/mol. The second kappa shape index (κ2) is 5.81. The molecule has 0 fully saturated rings. The number of carbonyl (C=O) groups is 1. The molecule has 94 valence electrons. The number of oxazole rings is 1. The zero-order chi connectivity index (χ0) is 12.8. The van der Waals surface area contributed by atoms with Crippen molar-refractivity contribution in [2.45, 2.75) is 6.54 Å². The third-order valence-electron chi connectivity index (χ3n) is 2.13. The first kappa shape index (κ1) is 12.1. The number of halogens is 1. The molecule has 0 bridgehead atoms. The SMILES string of the molecule is O=C(COc1ccc(F)cc1)NCc1cocn1. The average molecular weight is 250 g/mol. The molecule has 5 nitrogen and oxygen atoms in total. The molecule has 1 N–H and O–H groups in total. The fraction of sp³-hybridized carbons (Fsp3) is 0.167. The molecule has 2 aromatic rings. The van der Waals surface area contributed by atoms with Crippen molar-refractivity contribution in [2.24, 2.45) is 0 Å². The molecule has 1 amide bonds. The Hall–Kier alpha value is -2.37. The number of nitrogens with zero attached hydrogens (tertiary/aromatic N) is 1. The molecule has 2 rings (SSSR count). The first-order valence-electron chi connectivity index (χ1n) is 5.26. The zero-order valence-electron chi connectivity index (χ0n) is 9.43. The van der Waals surface area contributed by atoms with Crippen molar-refractivity contribution in [3.63, 3.8) is 0 Å². The van der Waals surface area contributed by atoms with Gasteiger partial charge in [0.15, 0.2) is 13.0 Å². The van der Waals surface area contributed by atoms with Crippen LogP contribution in [0, 0.1) is 5.82 Å². The van der Waals surface area contributed by atoms with Crippen LogP contribution in [0.1, 0.15) is 5.69 Å². The topological polar surface area (TPSA) is 64.4 Å². The highest BCUT2D eigenvalue weighted by Gasteiger charge is 2.04. The number of benzene rings is 1. The van der Waals surface area contributed by atoms with Gasteiger partial charge in [0.05, 0.1) is 12.2 Å². The van der Waals surface area contributed by atoms with Crippen LogP contribution in [0.15, 0.2) is 41.3 Å². The van der Waals surface area contributed by atoms with E-state index in [-0.39, 0.29) is 24.9 Å². The van der Waals surface area contributed by atoms with Crippen LogP contribution in [0.2, 0.25) is 0 Å². The van der Waals surface area contributed by atoms with Crippen molar-refractivity contribution in [2.75, 3.05) is 6.61 Å². The van der Waals surface area contributed by atoms with Crippen molar-refractivity contribution < 1.29 is 18.3 Å². The number of aromatic nitrogens is 1. The molecular weight excluding hydrogens is 239 g/mol. The van der Waals surface area contributed by atoms with E-state index in [2.05, 4.69) is 10.3 Å². The molecule has 0 unspecified atom stereocenters. The Morgan fingerprint density at radius 1 is 1.39 bits per heavy atom. The summed E-state index contributed by atoms with van der Waals surface area (Å²) in [4.78, 5) is 15.3. The lowest BCUT2D eigenvalue weighted by atomic mass is 10.3. The summed E-state index contributed by atoms with van der Waals surface area (Å²) in [7, 11) is 0. The molecule has 6 heteroatoms. The first-order chi connectivity index (χ1) is 8.74. The number of nitrogens with one attached hydrogen (secondary N) is 1. The fourth-order valence-electron chi connectivity index (χ4n) is 1.24. The Balaban J connectivity index is 1.73. The van der Waals surface area contributed by atoms with Gasteiger partial charge in [-0.25, -0.2) is 9.37 Å². The molecule has 0 aliphatic carbocycles. The molecule has 1 aromatic carbocycles. The van der Waals surface area contributed by atoms with Gasteiger partial charge in [-0.15, -0.1) is 0 Å². The normalized spacial score (nSPS) is 10.1. The van der Waals surface area contributed by atoms with Crippen LogP contribution in [-0.2, 0) is 11.3 Å². The number of ether oxygens (including phenoxy) is 1. The molecule has 0 spiro atoms. The minimum Gasteiger partial charge on any atom is -0.484 e. The van der Waals surface area contributed by atoms with Crippen molar-refractivity contribution in [1.82, 2.24) is 10.3 Å². The number of hydrogen-bond acceptors (Lipinski definition) is 4.